The van der Waals surface area contributed by atoms with E-state index in [2.05, 4.69) is 10.4 Å². The van der Waals surface area contributed by atoms with Crippen LogP contribution in [0.3, 0.4) is 0 Å². The zero-order chi connectivity index (χ0) is 13.1. The molecule has 1 aliphatic rings. The average Bonchev–Trinajstić information content (AvgIpc) is 2.48. The zero-order valence-corrected chi connectivity index (χ0v) is 10.3. The minimum absolute atomic E-state index is 0.132. The van der Waals surface area contributed by atoms with E-state index >= 15 is 0 Å². The van der Waals surface area contributed by atoms with Crippen molar-refractivity contribution in [3.05, 3.63) is 65.7 Å². The van der Waals surface area contributed by atoms with Gasteiger partial charge in [0.15, 0.2) is 0 Å². The van der Waals surface area contributed by atoms with Crippen molar-refractivity contribution < 1.29 is 4.79 Å². The van der Waals surface area contributed by atoms with Crippen LogP contribution in [-0.2, 0) is 0 Å². The summed E-state index contributed by atoms with van der Waals surface area (Å²) in [6, 6.07) is 17.0. The highest BCUT2D eigenvalue weighted by Crippen LogP contribution is 2.20. The molecule has 0 aliphatic carbocycles. The standard InChI is InChI=1S/C15H13N3O/c19-15(12-6-2-1-3-7-12)17-18-11-16-10-13-8-4-5-9-14(13)18/h1-10H,11H2,(H,17,19). The van der Waals surface area contributed by atoms with Crippen LogP contribution in [0.15, 0.2) is 59.6 Å². The van der Waals surface area contributed by atoms with Gasteiger partial charge in [0.05, 0.1) is 5.69 Å². The van der Waals surface area contributed by atoms with Gasteiger partial charge in [-0.25, -0.2) is 0 Å². The molecule has 0 spiro atoms. The van der Waals surface area contributed by atoms with Crippen molar-refractivity contribution in [3.8, 4) is 0 Å². The lowest BCUT2D eigenvalue weighted by Gasteiger charge is -2.27. The van der Waals surface area contributed by atoms with Crippen molar-refractivity contribution in [2.24, 2.45) is 4.99 Å². The summed E-state index contributed by atoms with van der Waals surface area (Å²) in [5, 5.41) is 1.75. The molecule has 0 radical (unpaired) electrons. The Morgan fingerprint density at radius 1 is 1.05 bits per heavy atom. The maximum atomic E-state index is 12.1. The number of nitrogens with one attached hydrogen (secondary N) is 1. The number of amides is 1. The van der Waals surface area contributed by atoms with Crippen LogP contribution >= 0.6 is 0 Å². The van der Waals surface area contributed by atoms with Crippen LogP contribution in [0.5, 0.6) is 0 Å². The normalized spacial score (nSPS) is 12.9. The molecule has 94 valence electrons. The third kappa shape index (κ3) is 2.33. The van der Waals surface area contributed by atoms with Crippen LogP contribution in [0.1, 0.15) is 15.9 Å². The van der Waals surface area contributed by atoms with Crippen LogP contribution < -0.4 is 10.4 Å². The number of para-hydroxylation sites is 1. The smallest absolute Gasteiger partial charge is 0.269 e. The summed E-state index contributed by atoms with van der Waals surface area (Å²) in [6.07, 6.45) is 1.82. The fourth-order valence-electron chi connectivity index (χ4n) is 2.01. The summed E-state index contributed by atoms with van der Waals surface area (Å²) in [7, 11) is 0. The van der Waals surface area contributed by atoms with Gasteiger partial charge in [0, 0.05) is 17.3 Å². The van der Waals surface area contributed by atoms with Crippen LogP contribution in [0, 0.1) is 0 Å². The maximum Gasteiger partial charge on any atom is 0.269 e. The fourth-order valence-corrected chi connectivity index (χ4v) is 2.01. The van der Waals surface area contributed by atoms with E-state index in [0.29, 0.717) is 12.2 Å². The van der Waals surface area contributed by atoms with E-state index in [1.165, 1.54) is 0 Å². The molecule has 19 heavy (non-hydrogen) atoms. The fraction of sp³-hybridized carbons (Fsp3) is 0.0667. The Kier molecular flexibility index (Phi) is 2.98. The van der Waals surface area contributed by atoms with Gasteiger partial charge in [-0.2, -0.15) is 0 Å². The second-order valence-corrected chi connectivity index (χ2v) is 4.25. The lowest BCUT2D eigenvalue weighted by molar-refractivity contribution is 0.0949. The van der Waals surface area contributed by atoms with Crippen molar-refractivity contribution in [1.82, 2.24) is 5.43 Å². The Bertz CT molecular complexity index is 622. The summed E-state index contributed by atoms with van der Waals surface area (Å²) in [5.41, 5.74) is 5.47. The molecule has 4 heteroatoms. The average molecular weight is 251 g/mol. The first-order valence-corrected chi connectivity index (χ1v) is 6.07. The second kappa shape index (κ2) is 4.94. The monoisotopic (exact) mass is 251 g/mol. The quantitative estimate of drug-likeness (QED) is 0.889. The van der Waals surface area contributed by atoms with Crippen LogP contribution in [0.4, 0.5) is 5.69 Å². The number of hydrogen-bond acceptors (Lipinski definition) is 3. The van der Waals surface area contributed by atoms with Crippen molar-refractivity contribution in [2.45, 2.75) is 0 Å². The highest BCUT2D eigenvalue weighted by molar-refractivity contribution is 5.96. The molecule has 1 N–H and O–H groups in total. The van der Waals surface area contributed by atoms with E-state index in [1.807, 2.05) is 48.7 Å². The Morgan fingerprint density at radius 2 is 1.79 bits per heavy atom. The van der Waals surface area contributed by atoms with E-state index in [9.17, 15) is 4.79 Å². The van der Waals surface area contributed by atoms with E-state index in [4.69, 9.17) is 0 Å². The second-order valence-electron chi connectivity index (χ2n) is 4.25. The van der Waals surface area contributed by atoms with Crippen molar-refractivity contribution in [1.29, 1.82) is 0 Å². The molecule has 0 aromatic heterocycles. The van der Waals surface area contributed by atoms with Crippen molar-refractivity contribution in [3.63, 3.8) is 0 Å². The van der Waals surface area contributed by atoms with Gasteiger partial charge in [-0.15, -0.1) is 0 Å². The highest BCUT2D eigenvalue weighted by atomic mass is 16.2. The van der Waals surface area contributed by atoms with Gasteiger partial charge >= 0.3 is 0 Å². The topological polar surface area (TPSA) is 44.7 Å². The Balaban J connectivity index is 1.82. The van der Waals surface area contributed by atoms with Gasteiger partial charge in [0.2, 0.25) is 0 Å². The summed E-state index contributed by atoms with van der Waals surface area (Å²) >= 11 is 0. The van der Waals surface area contributed by atoms with Gasteiger partial charge in [-0.1, -0.05) is 36.4 Å². The van der Waals surface area contributed by atoms with Gasteiger partial charge in [-0.05, 0) is 18.2 Å². The third-order valence-electron chi connectivity index (χ3n) is 2.95. The Hall–Kier alpha value is -2.62. The molecule has 2 aromatic rings. The first-order valence-electron chi connectivity index (χ1n) is 6.07. The number of carbonyl (C=O) groups excluding carboxylic acids is 1. The molecule has 1 aliphatic heterocycles. The van der Waals surface area contributed by atoms with Crippen molar-refractivity contribution in [2.75, 3.05) is 11.7 Å². The summed E-state index contributed by atoms with van der Waals surface area (Å²) in [5.74, 6) is -0.132. The molecular weight excluding hydrogens is 238 g/mol. The molecule has 0 unspecified atom stereocenters. The van der Waals surface area contributed by atoms with Crippen LogP contribution in [-0.4, -0.2) is 18.8 Å². The van der Waals surface area contributed by atoms with E-state index in [0.717, 1.165) is 11.3 Å². The van der Waals surface area contributed by atoms with Gasteiger partial charge < -0.3 is 0 Å². The van der Waals surface area contributed by atoms with E-state index in [1.54, 1.807) is 17.1 Å². The largest absolute Gasteiger partial charge is 0.269 e. The highest BCUT2D eigenvalue weighted by Gasteiger charge is 2.16. The lowest BCUT2D eigenvalue weighted by Crippen LogP contribution is -2.44. The maximum absolute atomic E-state index is 12.1. The van der Waals surface area contributed by atoms with Gasteiger partial charge in [0.25, 0.3) is 5.91 Å². The molecule has 0 saturated carbocycles. The number of aliphatic imine (C=N–C) groups is 1. The molecule has 2 aromatic carbocycles. The minimum Gasteiger partial charge on any atom is -0.269 e. The summed E-state index contributed by atoms with van der Waals surface area (Å²) in [6.45, 7) is 0.426. The van der Waals surface area contributed by atoms with Crippen LogP contribution in [0.25, 0.3) is 0 Å². The van der Waals surface area contributed by atoms with Gasteiger partial charge in [0.1, 0.15) is 6.67 Å². The molecule has 0 saturated heterocycles. The first-order chi connectivity index (χ1) is 9.34. The minimum atomic E-state index is -0.132. The van der Waals surface area contributed by atoms with E-state index < -0.39 is 0 Å². The summed E-state index contributed by atoms with van der Waals surface area (Å²) < 4.78 is 0. The number of carbonyl (C=O) groups is 1. The predicted octanol–water partition coefficient (Wildman–Crippen LogP) is 2.23. The molecule has 3 rings (SSSR count). The van der Waals surface area contributed by atoms with E-state index in [-0.39, 0.29) is 5.91 Å². The number of nitrogens with zero attached hydrogens (tertiary/aromatic N) is 2. The number of benzene rings is 2. The summed E-state index contributed by atoms with van der Waals surface area (Å²) in [4.78, 5) is 16.4. The molecular formula is C15H13N3O. The number of rotatable bonds is 2. The Labute approximate surface area is 111 Å². The van der Waals surface area contributed by atoms with Gasteiger partial charge in [-0.3, -0.25) is 20.2 Å². The number of anilines is 1. The van der Waals surface area contributed by atoms with Crippen LogP contribution in [0.2, 0.25) is 0 Å². The molecule has 1 heterocycles. The molecule has 0 fully saturated rings. The molecule has 4 nitrogen and oxygen atoms in total. The zero-order valence-electron chi connectivity index (χ0n) is 10.3. The molecule has 1 amide bonds. The lowest BCUT2D eigenvalue weighted by atomic mass is 10.1. The van der Waals surface area contributed by atoms with Crippen molar-refractivity contribution >= 4 is 17.8 Å². The number of hydrogen-bond donors (Lipinski definition) is 1. The molecule has 0 atom stereocenters. The SMILES string of the molecule is O=C(NN1CN=Cc2ccccc21)c1ccccc1. The predicted molar refractivity (Wildman–Crippen MR) is 75.3 cm³/mol. The molecule has 0 bridgehead atoms. The number of hydrazine groups is 1. The third-order valence-corrected chi connectivity index (χ3v) is 2.95. The first kappa shape index (κ1) is 11.5. The number of fused-ring (bicyclic) bond motifs is 1. The Morgan fingerprint density at radius 3 is 2.63 bits per heavy atom.